The zero-order valence-corrected chi connectivity index (χ0v) is 21.5. The summed E-state index contributed by atoms with van der Waals surface area (Å²) in [5, 5.41) is 12.1. The molecule has 3 aromatic carbocycles. The van der Waals surface area contributed by atoms with Gasteiger partial charge in [-0.2, -0.15) is 15.0 Å². The van der Waals surface area contributed by atoms with Crippen LogP contribution < -0.4 is 21.3 Å². The highest BCUT2D eigenvalue weighted by Gasteiger charge is 2.17. The number of aromatic nitrogens is 3. The lowest BCUT2D eigenvalue weighted by Gasteiger charge is -2.16. The standard InChI is InChI=1S/C28H30FN7O/c1-16-10-17(2)13-21(12-16)31-27-34-26(30-20(5)25(37)33-24-9-7-6-8-23(24)29)35-28(36-27)32-22-14-18(3)11-19(4)15-22/h6-15,20H,1-5H3,(H,33,37)(H3,30,31,32,34,35,36)/t20-/m0/s1. The summed E-state index contributed by atoms with van der Waals surface area (Å²) in [5.74, 6) is -0.154. The number of para-hydroxylation sites is 1. The number of nitrogens with zero attached hydrogens (tertiary/aromatic N) is 3. The minimum absolute atomic E-state index is 0.103. The number of nitrogens with one attached hydrogen (secondary N) is 4. The first-order chi connectivity index (χ1) is 17.6. The molecule has 0 fully saturated rings. The quantitative estimate of drug-likeness (QED) is 0.230. The second kappa shape index (κ2) is 11.0. The summed E-state index contributed by atoms with van der Waals surface area (Å²) in [7, 11) is 0. The molecule has 4 N–H and O–H groups in total. The minimum Gasteiger partial charge on any atom is -0.342 e. The van der Waals surface area contributed by atoms with Gasteiger partial charge in [-0.15, -0.1) is 0 Å². The monoisotopic (exact) mass is 499 g/mol. The molecule has 1 atom stereocenters. The number of anilines is 6. The van der Waals surface area contributed by atoms with Crippen molar-refractivity contribution in [1.29, 1.82) is 0 Å². The van der Waals surface area contributed by atoms with Gasteiger partial charge in [0.25, 0.3) is 0 Å². The molecular weight excluding hydrogens is 469 g/mol. The van der Waals surface area contributed by atoms with Crippen LogP contribution in [0.5, 0.6) is 0 Å². The minimum atomic E-state index is -0.759. The van der Waals surface area contributed by atoms with E-state index in [0.717, 1.165) is 33.6 Å². The van der Waals surface area contributed by atoms with E-state index in [4.69, 9.17) is 0 Å². The van der Waals surface area contributed by atoms with Crippen LogP contribution in [0.25, 0.3) is 0 Å². The van der Waals surface area contributed by atoms with E-state index >= 15 is 0 Å². The van der Waals surface area contributed by atoms with Crippen molar-refractivity contribution in [2.24, 2.45) is 0 Å². The Labute approximate surface area is 215 Å². The lowest BCUT2D eigenvalue weighted by Crippen LogP contribution is -2.33. The topological polar surface area (TPSA) is 104 Å². The molecule has 0 saturated heterocycles. The fraction of sp³-hybridized carbons (Fsp3) is 0.214. The van der Waals surface area contributed by atoms with Crippen LogP contribution >= 0.6 is 0 Å². The van der Waals surface area contributed by atoms with Gasteiger partial charge >= 0.3 is 0 Å². The van der Waals surface area contributed by atoms with Crippen molar-refractivity contribution < 1.29 is 9.18 Å². The van der Waals surface area contributed by atoms with Gasteiger partial charge in [-0.3, -0.25) is 4.79 Å². The van der Waals surface area contributed by atoms with Gasteiger partial charge in [0.15, 0.2) is 0 Å². The number of carbonyl (C=O) groups excluding carboxylic acids is 1. The van der Waals surface area contributed by atoms with Gasteiger partial charge in [0.1, 0.15) is 11.9 Å². The van der Waals surface area contributed by atoms with Crippen molar-refractivity contribution in [2.45, 2.75) is 40.7 Å². The Hall–Kier alpha value is -4.53. The summed E-state index contributed by atoms with van der Waals surface area (Å²) in [6.45, 7) is 9.71. The zero-order valence-electron chi connectivity index (χ0n) is 21.5. The van der Waals surface area contributed by atoms with Gasteiger partial charge in [-0.25, -0.2) is 4.39 Å². The Kier molecular flexibility index (Phi) is 7.62. The molecule has 8 nitrogen and oxygen atoms in total. The first kappa shape index (κ1) is 25.6. The summed E-state index contributed by atoms with van der Waals surface area (Å²) < 4.78 is 14.0. The molecule has 0 aliphatic rings. The van der Waals surface area contributed by atoms with E-state index in [1.807, 2.05) is 52.0 Å². The lowest BCUT2D eigenvalue weighted by molar-refractivity contribution is -0.116. The molecular formula is C28H30FN7O. The van der Waals surface area contributed by atoms with Crippen LogP contribution in [0.4, 0.5) is 39.3 Å². The lowest BCUT2D eigenvalue weighted by atomic mass is 10.1. The van der Waals surface area contributed by atoms with Gasteiger partial charge in [-0.05, 0) is 93.3 Å². The van der Waals surface area contributed by atoms with Gasteiger partial charge in [-0.1, -0.05) is 24.3 Å². The van der Waals surface area contributed by atoms with Crippen molar-refractivity contribution >= 4 is 40.8 Å². The third kappa shape index (κ3) is 7.00. The van der Waals surface area contributed by atoms with E-state index in [-0.39, 0.29) is 11.6 Å². The average molecular weight is 500 g/mol. The van der Waals surface area contributed by atoms with E-state index < -0.39 is 17.8 Å². The fourth-order valence-electron chi connectivity index (χ4n) is 3.97. The molecule has 0 aliphatic heterocycles. The molecule has 0 spiro atoms. The highest BCUT2D eigenvalue weighted by molar-refractivity contribution is 5.96. The predicted octanol–water partition coefficient (Wildman–Crippen LogP) is 6.17. The number of benzene rings is 3. The van der Waals surface area contributed by atoms with E-state index in [2.05, 4.69) is 48.4 Å². The van der Waals surface area contributed by atoms with Gasteiger partial charge in [0, 0.05) is 11.4 Å². The summed E-state index contributed by atoms with van der Waals surface area (Å²) >= 11 is 0. The molecule has 1 amide bonds. The number of hydrogen-bond acceptors (Lipinski definition) is 7. The second-order valence-corrected chi connectivity index (χ2v) is 9.14. The maximum Gasteiger partial charge on any atom is 0.246 e. The predicted molar refractivity (Wildman–Crippen MR) is 146 cm³/mol. The Bertz CT molecular complexity index is 1330. The molecule has 4 rings (SSSR count). The Morgan fingerprint density at radius 2 is 1.19 bits per heavy atom. The molecule has 190 valence electrons. The SMILES string of the molecule is Cc1cc(C)cc(Nc2nc(Nc3cc(C)cc(C)c3)nc(N[C@@H](C)C(=O)Nc3ccccc3F)n2)c1. The molecule has 0 unspecified atom stereocenters. The van der Waals surface area contributed by atoms with E-state index in [9.17, 15) is 9.18 Å². The molecule has 9 heteroatoms. The zero-order chi connectivity index (χ0) is 26.5. The van der Waals surface area contributed by atoms with Crippen LogP contribution in [0.15, 0.2) is 60.7 Å². The van der Waals surface area contributed by atoms with E-state index in [1.54, 1.807) is 19.1 Å². The van der Waals surface area contributed by atoms with Gasteiger partial charge in [0.2, 0.25) is 23.8 Å². The van der Waals surface area contributed by atoms with Gasteiger partial charge in [0.05, 0.1) is 5.69 Å². The summed E-state index contributed by atoms with van der Waals surface area (Å²) in [4.78, 5) is 26.2. The highest BCUT2D eigenvalue weighted by Crippen LogP contribution is 2.22. The Morgan fingerprint density at radius 1 is 0.730 bits per heavy atom. The first-order valence-electron chi connectivity index (χ1n) is 11.9. The van der Waals surface area contributed by atoms with Crippen molar-refractivity contribution in [3.63, 3.8) is 0 Å². The summed E-state index contributed by atoms with van der Waals surface area (Å²) in [5.41, 5.74) is 6.16. The van der Waals surface area contributed by atoms with Crippen molar-refractivity contribution in [1.82, 2.24) is 15.0 Å². The first-order valence-corrected chi connectivity index (χ1v) is 11.9. The number of halogens is 1. The average Bonchev–Trinajstić information content (AvgIpc) is 2.79. The number of amides is 1. The largest absolute Gasteiger partial charge is 0.342 e. The summed E-state index contributed by atoms with van der Waals surface area (Å²) in [6, 6.07) is 17.4. The Morgan fingerprint density at radius 3 is 1.68 bits per heavy atom. The molecule has 0 saturated carbocycles. The van der Waals surface area contributed by atoms with E-state index in [0.29, 0.717) is 11.9 Å². The van der Waals surface area contributed by atoms with Crippen LogP contribution in [0.2, 0.25) is 0 Å². The molecule has 37 heavy (non-hydrogen) atoms. The molecule has 0 aliphatic carbocycles. The number of hydrogen-bond donors (Lipinski definition) is 4. The normalized spacial score (nSPS) is 11.5. The number of rotatable bonds is 8. The smallest absolute Gasteiger partial charge is 0.246 e. The molecule has 4 aromatic rings. The number of carbonyl (C=O) groups is 1. The van der Waals surface area contributed by atoms with Crippen molar-refractivity contribution in [3.05, 3.63) is 88.7 Å². The third-order valence-electron chi connectivity index (χ3n) is 5.46. The van der Waals surface area contributed by atoms with Crippen LogP contribution in [-0.2, 0) is 4.79 Å². The highest BCUT2D eigenvalue weighted by atomic mass is 19.1. The van der Waals surface area contributed by atoms with Crippen LogP contribution in [-0.4, -0.2) is 26.9 Å². The molecule has 1 aromatic heterocycles. The number of aryl methyl sites for hydroxylation is 4. The molecule has 1 heterocycles. The van der Waals surface area contributed by atoms with Crippen LogP contribution in [0, 0.1) is 33.5 Å². The fourth-order valence-corrected chi connectivity index (χ4v) is 3.97. The second-order valence-electron chi connectivity index (χ2n) is 9.14. The maximum atomic E-state index is 14.0. The molecule has 0 radical (unpaired) electrons. The van der Waals surface area contributed by atoms with Crippen molar-refractivity contribution in [2.75, 3.05) is 21.3 Å². The van der Waals surface area contributed by atoms with E-state index in [1.165, 1.54) is 12.1 Å². The van der Waals surface area contributed by atoms with Gasteiger partial charge < -0.3 is 21.3 Å². The van der Waals surface area contributed by atoms with Crippen molar-refractivity contribution in [3.8, 4) is 0 Å². The maximum absolute atomic E-state index is 14.0. The third-order valence-corrected chi connectivity index (χ3v) is 5.46. The van der Waals surface area contributed by atoms with Crippen LogP contribution in [0.3, 0.4) is 0 Å². The van der Waals surface area contributed by atoms with Crippen LogP contribution in [0.1, 0.15) is 29.2 Å². The Balaban J connectivity index is 1.61. The summed E-state index contributed by atoms with van der Waals surface area (Å²) in [6.07, 6.45) is 0. The molecule has 0 bridgehead atoms.